The molecule has 7 heteroatoms. The lowest BCUT2D eigenvalue weighted by Gasteiger charge is -1.99. The second-order valence-corrected chi connectivity index (χ2v) is 2.74. The van der Waals surface area contributed by atoms with Crippen molar-refractivity contribution in [3.8, 4) is 11.5 Å². The van der Waals surface area contributed by atoms with Crippen LogP contribution in [-0.4, -0.2) is 20.2 Å². The fourth-order valence-corrected chi connectivity index (χ4v) is 1.01. The van der Waals surface area contributed by atoms with Crippen molar-refractivity contribution in [3.05, 3.63) is 30.2 Å². The normalized spacial score (nSPS) is 10.9. The van der Waals surface area contributed by atoms with Crippen molar-refractivity contribution in [1.82, 2.24) is 20.2 Å². The number of aromatic amines is 1. The second-order valence-electron chi connectivity index (χ2n) is 2.74. The molecule has 16 heavy (non-hydrogen) atoms. The molecule has 0 saturated heterocycles. The SMILES string of the molecule is C.FC(F)(F)c1cc(-c2ncccn2)n[nH]1. The third-order valence-corrected chi connectivity index (χ3v) is 1.68. The Morgan fingerprint density at radius 3 is 2.25 bits per heavy atom. The molecule has 86 valence electrons. The average Bonchev–Trinajstić information content (AvgIpc) is 2.67. The molecule has 2 aromatic heterocycles. The molecule has 2 heterocycles. The van der Waals surface area contributed by atoms with E-state index in [0.29, 0.717) is 0 Å². The van der Waals surface area contributed by atoms with Gasteiger partial charge in [-0.1, -0.05) is 7.43 Å². The summed E-state index contributed by atoms with van der Waals surface area (Å²) >= 11 is 0. The molecule has 2 aromatic rings. The van der Waals surface area contributed by atoms with Crippen LogP contribution in [-0.2, 0) is 6.18 Å². The first-order valence-corrected chi connectivity index (χ1v) is 3.97. The summed E-state index contributed by atoms with van der Waals surface area (Å²) in [6, 6.07) is 2.44. The monoisotopic (exact) mass is 230 g/mol. The quantitative estimate of drug-likeness (QED) is 0.818. The zero-order valence-corrected chi connectivity index (χ0v) is 7.28. The van der Waals surface area contributed by atoms with E-state index in [9.17, 15) is 13.2 Å². The number of nitrogens with one attached hydrogen (secondary N) is 1. The van der Waals surface area contributed by atoms with Gasteiger partial charge in [0, 0.05) is 12.4 Å². The Morgan fingerprint density at radius 1 is 1.12 bits per heavy atom. The summed E-state index contributed by atoms with van der Waals surface area (Å²) in [7, 11) is 0. The van der Waals surface area contributed by atoms with Crippen LogP contribution in [0.5, 0.6) is 0 Å². The highest BCUT2D eigenvalue weighted by Gasteiger charge is 2.33. The minimum absolute atomic E-state index is 0. The molecule has 0 bridgehead atoms. The van der Waals surface area contributed by atoms with Gasteiger partial charge in [-0.25, -0.2) is 9.97 Å². The van der Waals surface area contributed by atoms with Crippen molar-refractivity contribution >= 4 is 0 Å². The minimum atomic E-state index is -4.43. The molecule has 0 atom stereocenters. The fourth-order valence-electron chi connectivity index (χ4n) is 1.01. The van der Waals surface area contributed by atoms with E-state index in [1.165, 1.54) is 12.4 Å². The van der Waals surface area contributed by atoms with E-state index in [2.05, 4.69) is 15.1 Å². The Bertz CT molecular complexity index is 449. The molecule has 2 rings (SSSR count). The zero-order valence-electron chi connectivity index (χ0n) is 7.28. The number of rotatable bonds is 1. The Balaban J connectivity index is 0.00000128. The number of nitrogens with zero attached hydrogens (tertiary/aromatic N) is 3. The topological polar surface area (TPSA) is 54.5 Å². The van der Waals surface area contributed by atoms with E-state index >= 15 is 0 Å². The molecule has 0 aliphatic heterocycles. The first-order chi connectivity index (χ1) is 7.07. The molecule has 0 spiro atoms. The summed E-state index contributed by atoms with van der Waals surface area (Å²) in [5.74, 6) is 0.157. The van der Waals surface area contributed by atoms with Gasteiger partial charge in [-0.15, -0.1) is 0 Å². The molecular weight excluding hydrogens is 221 g/mol. The van der Waals surface area contributed by atoms with Gasteiger partial charge in [0.2, 0.25) is 0 Å². The summed E-state index contributed by atoms with van der Waals surface area (Å²) in [4.78, 5) is 7.57. The molecular formula is C9H9F3N4. The van der Waals surface area contributed by atoms with Crippen LogP contribution in [0.4, 0.5) is 13.2 Å². The van der Waals surface area contributed by atoms with E-state index < -0.39 is 11.9 Å². The molecule has 0 aliphatic carbocycles. The van der Waals surface area contributed by atoms with Gasteiger partial charge in [-0.05, 0) is 12.1 Å². The molecule has 0 saturated carbocycles. The summed E-state index contributed by atoms with van der Waals surface area (Å²) in [6.07, 6.45) is -1.56. The van der Waals surface area contributed by atoms with Crippen LogP contribution in [0.1, 0.15) is 13.1 Å². The Kier molecular flexibility index (Phi) is 3.26. The molecule has 0 unspecified atom stereocenters. The lowest BCUT2D eigenvalue weighted by molar-refractivity contribution is -0.141. The summed E-state index contributed by atoms with van der Waals surface area (Å²) in [5.41, 5.74) is -0.840. The van der Waals surface area contributed by atoms with Crippen LogP contribution < -0.4 is 0 Å². The highest BCUT2D eigenvalue weighted by atomic mass is 19.4. The first-order valence-electron chi connectivity index (χ1n) is 3.97. The smallest absolute Gasteiger partial charge is 0.273 e. The lowest BCUT2D eigenvalue weighted by atomic mass is 10.3. The third kappa shape index (κ3) is 2.36. The van der Waals surface area contributed by atoms with E-state index in [1.807, 2.05) is 5.10 Å². The van der Waals surface area contributed by atoms with E-state index in [0.717, 1.165) is 6.07 Å². The maximum Gasteiger partial charge on any atom is 0.432 e. The Morgan fingerprint density at radius 2 is 1.75 bits per heavy atom. The lowest BCUT2D eigenvalue weighted by Crippen LogP contribution is -2.04. The zero-order chi connectivity index (χ0) is 10.9. The van der Waals surface area contributed by atoms with Crippen molar-refractivity contribution < 1.29 is 13.2 Å². The van der Waals surface area contributed by atoms with Gasteiger partial charge in [-0.2, -0.15) is 18.3 Å². The molecule has 0 aromatic carbocycles. The third-order valence-electron chi connectivity index (χ3n) is 1.68. The Labute approximate surface area is 89.6 Å². The van der Waals surface area contributed by atoms with Gasteiger partial charge in [-0.3, -0.25) is 5.10 Å². The maximum atomic E-state index is 12.2. The van der Waals surface area contributed by atoms with E-state index in [1.54, 1.807) is 6.07 Å². The minimum Gasteiger partial charge on any atom is -0.273 e. The van der Waals surface area contributed by atoms with Gasteiger partial charge in [0.1, 0.15) is 11.4 Å². The van der Waals surface area contributed by atoms with Crippen molar-refractivity contribution in [1.29, 1.82) is 0 Å². The summed E-state index contributed by atoms with van der Waals surface area (Å²) < 4.78 is 36.6. The van der Waals surface area contributed by atoms with Crippen molar-refractivity contribution in [2.75, 3.05) is 0 Å². The van der Waals surface area contributed by atoms with Crippen molar-refractivity contribution in [3.63, 3.8) is 0 Å². The number of H-pyrrole nitrogens is 1. The predicted molar refractivity (Wildman–Crippen MR) is 51.3 cm³/mol. The largest absolute Gasteiger partial charge is 0.432 e. The Hall–Kier alpha value is -1.92. The molecule has 1 N–H and O–H groups in total. The predicted octanol–water partition coefficient (Wildman–Crippen LogP) is 2.52. The van der Waals surface area contributed by atoms with Crippen LogP contribution in [0, 0.1) is 0 Å². The van der Waals surface area contributed by atoms with Crippen LogP contribution in [0.15, 0.2) is 24.5 Å². The van der Waals surface area contributed by atoms with Crippen molar-refractivity contribution in [2.45, 2.75) is 13.6 Å². The maximum absolute atomic E-state index is 12.2. The average molecular weight is 230 g/mol. The van der Waals surface area contributed by atoms with Crippen molar-refractivity contribution in [2.24, 2.45) is 0 Å². The van der Waals surface area contributed by atoms with E-state index in [-0.39, 0.29) is 18.9 Å². The number of aromatic nitrogens is 4. The highest BCUT2D eigenvalue weighted by molar-refractivity contribution is 5.48. The van der Waals surface area contributed by atoms with Crippen LogP contribution in [0.3, 0.4) is 0 Å². The second kappa shape index (κ2) is 4.30. The van der Waals surface area contributed by atoms with Crippen LogP contribution >= 0.6 is 0 Å². The van der Waals surface area contributed by atoms with Gasteiger partial charge in [0.25, 0.3) is 0 Å². The molecule has 0 radical (unpaired) electrons. The van der Waals surface area contributed by atoms with Gasteiger partial charge < -0.3 is 0 Å². The number of alkyl halides is 3. The number of hydrogen-bond acceptors (Lipinski definition) is 3. The summed E-state index contributed by atoms with van der Waals surface area (Å²) in [6.45, 7) is 0. The van der Waals surface area contributed by atoms with Gasteiger partial charge in [0.05, 0.1) is 0 Å². The fraction of sp³-hybridized carbons (Fsp3) is 0.222. The number of hydrogen-bond donors (Lipinski definition) is 1. The summed E-state index contributed by atoms with van der Waals surface area (Å²) in [5, 5.41) is 5.37. The van der Waals surface area contributed by atoms with Gasteiger partial charge >= 0.3 is 6.18 Å². The van der Waals surface area contributed by atoms with Crippen LogP contribution in [0.25, 0.3) is 11.5 Å². The molecule has 0 fully saturated rings. The highest BCUT2D eigenvalue weighted by Crippen LogP contribution is 2.29. The first kappa shape index (κ1) is 12.2. The van der Waals surface area contributed by atoms with Crippen LogP contribution in [0.2, 0.25) is 0 Å². The molecule has 4 nitrogen and oxygen atoms in total. The molecule has 0 amide bonds. The number of halogens is 3. The van der Waals surface area contributed by atoms with E-state index in [4.69, 9.17) is 0 Å². The molecule has 0 aliphatic rings. The standard InChI is InChI=1S/C8H5F3N4.CH4/c9-8(10,11)6-4-5(14-15-6)7-12-2-1-3-13-7;/h1-4H,(H,14,15);1H4. The van der Waals surface area contributed by atoms with Gasteiger partial charge in [0.15, 0.2) is 5.82 Å².